The third-order valence-electron chi connectivity index (χ3n) is 5.89. The van der Waals surface area contributed by atoms with Crippen molar-refractivity contribution in [3.63, 3.8) is 0 Å². The van der Waals surface area contributed by atoms with Crippen molar-refractivity contribution in [1.82, 2.24) is 14.5 Å². The van der Waals surface area contributed by atoms with Crippen LogP contribution in [0.2, 0.25) is 0 Å². The molecule has 1 saturated carbocycles. The molecule has 3 aromatic rings. The lowest BCUT2D eigenvalue weighted by Gasteiger charge is -2.22. The van der Waals surface area contributed by atoms with Gasteiger partial charge in [-0.05, 0) is 51.1 Å². The summed E-state index contributed by atoms with van der Waals surface area (Å²) in [6.45, 7) is 2.19. The summed E-state index contributed by atoms with van der Waals surface area (Å²) in [6.07, 6.45) is 6.27. The highest BCUT2D eigenvalue weighted by molar-refractivity contribution is 5.85. The molecule has 0 radical (unpaired) electrons. The number of anilines is 2. The Morgan fingerprint density at radius 3 is 2.63 bits per heavy atom. The molecule has 6 heteroatoms. The van der Waals surface area contributed by atoms with Crippen molar-refractivity contribution in [2.75, 3.05) is 32.6 Å². The van der Waals surface area contributed by atoms with Crippen LogP contribution in [0.3, 0.4) is 0 Å². The minimum absolute atomic E-state index is 0.0355. The van der Waals surface area contributed by atoms with Crippen LogP contribution in [0.25, 0.3) is 11.0 Å². The lowest BCUT2D eigenvalue weighted by atomic mass is 9.89. The van der Waals surface area contributed by atoms with Crippen LogP contribution in [0, 0.1) is 5.92 Å². The van der Waals surface area contributed by atoms with Crippen LogP contribution in [0.15, 0.2) is 47.3 Å². The van der Waals surface area contributed by atoms with E-state index in [1.165, 1.54) is 32.1 Å². The third kappa shape index (κ3) is 4.87. The molecular weight excluding hydrogens is 376 g/mol. The maximum absolute atomic E-state index is 12.7. The van der Waals surface area contributed by atoms with Gasteiger partial charge in [0.25, 0.3) is 0 Å². The van der Waals surface area contributed by atoms with Crippen LogP contribution in [0.4, 0.5) is 11.4 Å². The molecule has 1 fully saturated rings. The van der Waals surface area contributed by atoms with E-state index in [1.54, 1.807) is 0 Å². The summed E-state index contributed by atoms with van der Waals surface area (Å²) in [7, 11) is 4.06. The first kappa shape index (κ1) is 20.5. The molecule has 0 spiro atoms. The highest BCUT2D eigenvalue weighted by Crippen LogP contribution is 2.33. The Kier molecular flexibility index (Phi) is 6.43. The van der Waals surface area contributed by atoms with E-state index in [9.17, 15) is 4.79 Å². The van der Waals surface area contributed by atoms with Gasteiger partial charge in [-0.15, -0.1) is 0 Å². The van der Waals surface area contributed by atoms with Gasteiger partial charge in [-0.3, -0.25) is 4.57 Å². The smallest absolute Gasteiger partial charge is 0.326 e. The van der Waals surface area contributed by atoms with Crippen molar-refractivity contribution in [3.8, 4) is 5.75 Å². The zero-order valence-electron chi connectivity index (χ0n) is 18.0. The van der Waals surface area contributed by atoms with Gasteiger partial charge in [0, 0.05) is 24.8 Å². The molecule has 0 saturated heterocycles. The third-order valence-corrected chi connectivity index (χ3v) is 5.89. The standard InChI is InChI=1S/C24H32N4O2/c1-27(2)13-14-30-23-16-22-20(15-21(23)25-19-11-7-4-8-12-19)26-24(29)28(22)17-18-9-5-3-6-10-18/h4,7-8,11-12,15-16,18,25H,3,5-6,9-10,13-14,17H2,1-2H3,(H,26,29). The monoisotopic (exact) mass is 408 g/mol. The second-order valence-electron chi connectivity index (χ2n) is 8.55. The Balaban J connectivity index is 1.67. The fourth-order valence-electron chi connectivity index (χ4n) is 4.23. The lowest BCUT2D eigenvalue weighted by Crippen LogP contribution is -2.23. The van der Waals surface area contributed by atoms with Gasteiger partial charge < -0.3 is 19.9 Å². The number of ether oxygens (including phenoxy) is 1. The first-order valence-corrected chi connectivity index (χ1v) is 11.0. The van der Waals surface area contributed by atoms with Crippen LogP contribution in [-0.4, -0.2) is 41.7 Å². The summed E-state index contributed by atoms with van der Waals surface area (Å²) in [4.78, 5) is 17.9. The van der Waals surface area contributed by atoms with Gasteiger partial charge in [-0.2, -0.15) is 0 Å². The number of aromatic amines is 1. The Bertz CT molecular complexity index is 1020. The minimum atomic E-state index is -0.0355. The summed E-state index contributed by atoms with van der Waals surface area (Å²) >= 11 is 0. The van der Waals surface area contributed by atoms with E-state index < -0.39 is 0 Å². The second-order valence-corrected chi connectivity index (χ2v) is 8.55. The molecule has 0 aliphatic heterocycles. The molecule has 160 valence electrons. The number of H-pyrrole nitrogens is 1. The molecule has 0 unspecified atom stereocenters. The summed E-state index contributed by atoms with van der Waals surface area (Å²) in [5.41, 5.74) is 3.57. The van der Waals surface area contributed by atoms with Gasteiger partial charge in [-0.25, -0.2) is 4.79 Å². The maximum Gasteiger partial charge on any atom is 0.326 e. The van der Waals surface area contributed by atoms with E-state index >= 15 is 0 Å². The largest absolute Gasteiger partial charge is 0.490 e. The molecule has 2 aromatic carbocycles. The highest BCUT2D eigenvalue weighted by Gasteiger charge is 2.18. The maximum atomic E-state index is 12.7. The molecule has 1 heterocycles. The average molecular weight is 409 g/mol. The zero-order valence-corrected chi connectivity index (χ0v) is 18.0. The number of likely N-dealkylation sites (N-methyl/N-ethyl adjacent to an activating group) is 1. The van der Waals surface area contributed by atoms with Crippen LogP contribution in [-0.2, 0) is 6.54 Å². The number of para-hydroxylation sites is 1. The Hall–Kier alpha value is -2.73. The van der Waals surface area contributed by atoms with Gasteiger partial charge >= 0.3 is 5.69 Å². The van der Waals surface area contributed by atoms with Gasteiger partial charge in [0.2, 0.25) is 0 Å². The van der Waals surface area contributed by atoms with Crippen molar-refractivity contribution in [1.29, 1.82) is 0 Å². The van der Waals surface area contributed by atoms with Crippen LogP contribution < -0.4 is 15.7 Å². The SMILES string of the molecule is CN(C)CCOc1cc2c(cc1Nc1ccccc1)[nH]c(=O)n2CC1CCCCC1. The van der Waals surface area contributed by atoms with E-state index in [-0.39, 0.29) is 5.69 Å². The normalized spacial score (nSPS) is 15.0. The molecule has 4 rings (SSSR count). The molecule has 1 aromatic heterocycles. The second kappa shape index (κ2) is 9.39. The number of hydrogen-bond donors (Lipinski definition) is 2. The summed E-state index contributed by atoms with van der Waals surface area (Å²) in [6, 6.07) is 14.0. The van der Waals surface area contributed by atoms with Crippen molar-refractivity contribution >= 4 is 22.4 Å². The predicted octanol–water partition coefficient (Wildman–Crippen LogP) is 4.59. The Labute approximate surface area is 177 Å². The summed E-state index contributed by atoms with van der Waals surface area (Å²) in [5, 5.41) is 3.44. The van der Waals surface area contributed by atoms with Crippen molar-refractivity contribution in [2.24, 2.45) is 5.92 Å². The molecule has 1 aliphatic carbocycles. The number of imidazole rings is 1. The fraction of sp³-hybridized carbons (Fsp3) is 0.458. The van der Waals surface area contributed by atoms with Crippen LogP contribution in [0.1, 0.15) is 32.1 Å². The van der Waals surface area contributed by atoms with Crippen LogP contribution >= 0.6 is 0 Å². The minimum Gasteiger partial charge on any atom is -0.490 e. The number of rotatable bonds is 8. The Morgan fingerprint density at radius 2 is 1.90 bits per heavy atom. The van der Waals surface area contributed by atoms with Crippen molar-refractivity contribution < 1.29 is 4.74 Å². The van der Waals surface area contributed by atoms with Crippen molar-refractivity contribution in [2.45, 2.75) is 38.6 Å². The van der Waals surface area contributed by atoms with Crippen molar-refractivity contribution in [3.05, 3.63) is 52.9 Å². The number of hydrogen-bond acceptors (Lipinski definition) is 4. The van der Waals surface area contributed by atoms with Gasteiger partial charge in [0.15, 0.2) is 0 Å². The molecule has 30 heavy (non-hydrogen) atoms. The molecule has 2 N–H and O–H groups in total. The van der Waals surface area contributed by atoms with Gasteiger partial charge in [0.1, 0.15) is 12.4 Å². The highest BCUT2D eigenvalue weighted by atomic mass is 16.5. The zero-order chi connectivity index (χ0) is 20.9. The summed E-state index contributed by atoms with van der Waals surface area (Å²) in [5.74, 6) is 1.35. The summed E-state index contributed by atoms with van der Waals surface area (Å²) < 4.78 is 8.05. The quantitative estimate of drug-likeness (QED) is 0.572. The topological polar surface area (TPSA) is 62.3 Å². The number of aromatic nitrogens is 2. The molecule has 0 bridgehead atoms. The molecule has 1 aliphatic rings. The first-order chi connectivity index (χ1) is 14.6. The molecule has 0 atom stereocenters. The fourth-order valence-corrected chi connectivity index (χ4v) is 4.23. The van der Waals surface area contributed by atoms with E-state index in [2.05, 4.69) is 15.2 Å². The van der Waals surface area contributed by atoms with Gasteiger partial charge in [0.05, 0.1) is 16.7 Å². The van der Waals surface area contributed by atoms with E-state index in [4.69, 9.17) is 4.74 Å². The van der Waals surface area contributed by atoms with E-state index in [1.807, 2.05) is 61.1 Å². The first-order valence-electron chi connectivity index (χ1n) is 11.0. The van der Waals surface area contributed by atoms with Gasteiger partial charge in [-0.1, -0.05) is 37.5 Å². The number of nitrogens with zero attached hydrogens (tertiary/aromatic N) is 2. The predicted molar refractivity (Wildman–Crippen MR) is 123 cm³/mol. The average Bonchev–Trinajstić information content (AvgIpc) is 3.03. The molecule has 6 nitrogen and oxygen atoms in total. The van der Waals surface area contributed by atoms with E-state index in [0.29, 0.717) is 12.5 Å². The lowest BCUT2D eigenvalue weighted by molar-refractivity contribution is 0.262. The Morgan fingerprint density at radius 1 is 1.13 bits per heavy atom. The molecular formula is C24H32N4O2. The number of nitrogens with one attached hydrogen (secondary N) is 2. The van der Waals surface area contributed by atoms with Crippen LogP contribution in [0.5, 0.6) is 5.75 Å². The number of benzene rings is 2. The number of fused-ring (bicyclic) bond motifs is 1. The molecule has 0 amide bonds. The van der Waals surface area contributed by atoms with E-state index in [0.717, 1.165) is 41.2 Å².